The maximum Gasteiger partial charge on any atom is 0.266 e. The smallest absolute Gasteiger partial charge is 0.266 e. The van der Waals surface area contributed by atoms with Crippen molar-refractivity contribution in [1.82, 2.24) is 19.5 Å². The third-order valence-corrected chi connectivity index (χ3v) is 5.55. The Balaban J connectivity index is 1.88. The predicted molar refractivity (Wildman–Crippen MR) is 123 cm³/mol. The number of hydrogen-bond acceptors (Lipinski definition) is 6. The highest BCUT2D eigenvalue weighted by Crippen LogP contribution is 2.32. The highest BCUT2D eigenvalue weighted by molar-refractivity contribution is 5.91. The summed E-state index contributed by atoms with van der Waals surface area (Å²) in [5.41, 5.74) is 0.258. The number of ether oxygens (including phenoxy) is 1. The van der Waals surface area contributed by atoms with Gasteiger partial charge in [0.25, 0.3) is 12.0 Å². The van der Waals surface area contributed by atoms with E-state index in [4.69, 9.17) is 4.74 Å². The number of pyridine rings is 2. The second kappa shape index (κ2) is 9.12. The van der Waals surface area contributed by atoms with Crippen LogP contribution in [0.15, 0.2) is 47.4 Å². The molecule has 0 fully saturated rings. The van der Waals surface area contributed by atoms with Gasteiger partial charge in [0, 0.05) is 24.4 Å². The van der Waals surface area contributed by atoms with Crippen LogP contribution >= 0.6 is 0 Å². The topological polar surface area (TPSA) is 81.9 Å². The van der Waals surface area contributed by atoms with Gasteiger partial charge in [-0.05, 0) is 32.0 Å². The Morgan fingerprint density at radius 1 is 1.09 bits per heavy atom. The Kier molecular flexibility index (Phi) is 6.23. The van der Waals surface area contributed by atoms with E-state index in [1.54, 1.807) is 45.3 Å². The van der Waals surface area contributed by atoms with Crippen LogP contribution in [0.4, 0.5) is 19.0 Å². The molecule has 3 aromatic heterocycles. The molecule has 0 spiro atoms. The van der Waals surface area contributed by atoms with Gasteiger partial charge in [-0.3, -0.25) is 9.36 Å². The standard InChI is InChI=1S/C24H22F3N5O2/c1-12(14-7-5-8-16(19(14)25)20(26)27)29-21-18-11-17(15-9-6-10-28-23(15)34-4)24(33)32(3)22(18)31-13(2)30-21/h5-12,20H,1-4H3,(H,29,30,31)/t12-/m1/s1. The number of methoxy groups -OCH3 is 1. The van der Waals surface area contributed by atoms with E-state index in [1.807, 2.05) is 0 Å². The third kappa shape index (κ3) is 4.07. The Bertz CT molecular complexity index is 1440. The summed E-state index contributed by atoms with van der Waals surface area (Å²) in [6.07, 6.45) is -1.38. The molecule has 34 heavy (non-hydrogen) atoms. The highest BCUT2D eigenvalue weighted by Gasteiger charge is 2.22. The van der Waals surface area contributed by atoms with E-state index in [9.17, 15) is 18.0 Å². The van der Waals surface area contributed by atoms with E-state index in [-0.39, 0.29) is 17.0 Å². The van der Waals surface area contributed by atoms with Crippen molar-refractivity contribution in [3.05, 3.63) is 75.7 Å². The molecule has 3 heterocycles. The summed E-state index contributed by atoms with van der Waals surface area (Å²) in [7, 11) is 3.04. The number of halogens is 3. The zero-order chi connectivity index (χ0) is 24.6. The molecule has 4 aromatic rings. The van der Waals surface area contributed by atoms with Gasteiger partial charge >= 0.3 is 0 Å². The molecule has 0 bridgehead atoms. The fourth-order valence-electron chi connectivity index (χ4n) is 3.85. The number of nitrogens with one attached hydrogen (secondary N) is 1. The van der Waals surface area contributed by atoms with Crippen molar-refractivity contribution in [2.24, 2.45) is 7.05 Å². The van der Waals surface area contributed by atoms with E-state index in [0.717, 1.165) is 6.07 Å². The Morgan fingerprint density at radius 2 is 1.82 bits per heavy atom. The lowest BCUT2D eigenvalue weighted by molar-refractivity contribution is 0.146. The van der Waals surface area contributed by atoms with Crippen molar-refractivity contribution >= 4 is 16.9 Å². The lowest BCUT2D eigenvalue weighted by Gasteiger charge is -2.19. The average molecular weight is 469 g/mol. The van der Waals surface area contributed by atoms with E-state index in [2.05, 4.69) is 20.3 Å². The van der Waals surface area contributed by atoms with Crippen molar-refractivity contribution in [2.45, 2.75) is 26.3 Å². The molecular formula is C24H22F3N5O2. The van der Waals surface area contributed by atoms with Crippen LogP contribution in [0.2, 0.25) is 0 Å². The Morgan fingerprint density at radius 3 is 2.53 bits per heavy atom. The van der Waals surface area contributed by atoms with Crippen LogP contribution in [-0.4, -0.2) is 26.6 Å². The van der Waals surface area contributed by atoms with Gasteiger partial charge in [-0.2, -0.15) is 0 Å². The largest absolute Gasteiger partial charge is 0.481 e. The molecule has 0 radical (unpaired) electrons. The number of rotatable bonds is 6. The molecule has 1 atom stereocenters. The highest BCUT2D eigenvalue weighted by atomic mass is 19.3. The van der Waals surface area contributed by atoms with Gasteiger partial charge in [-0.1, -0.05) is 18.2 Å². The minimum absolute atomic E-state index is 0.0705. The summed E-state index contributed by atoms with van der Waals surface area (Å²) in [5.74, 6) is 0.0174. The number of aromatic nitrogens is 4. The molecular weight excluding hydrogens is 447 g/mol. The minimum atomic E-state index is -2.93. The van der Waals surface area contributed by atoms with Crippen molar-refractivity contribution in [2.75, 3.05) is 12.4 Å². The van der Waals surface area contributed by atoms with Gasteiger partial charge in [-0.15, -0.1) is 0 Å². The summed E-state index contributed by atoms with van der Waals surface area (Å²) in [4.78, 5) is 26.2. The van der Waals surface area contributed by atoms with Crippen molar-refractivity contribution in [1.29, 1.82) is 0 Å². The molecule has 4 rings (SSSR count). The summed E-state index contributed by atoms with van der Waals surface area (Å²) in [6.45, 7) is 3.31. The van der Waals surface area contributed by atoms with Crippen LogP contribution in [0.1, 0.15) is 36.3 Å². The summed E-state index contributed by atoms with van der Waals surface area (Å²) >= 11 is 0. The lowest BCUT2D eigenvalue weighted by Crippen LogP contribution is -2.21. The number of alkyl halides is 2. The van der Waals surface area contributed by atoms with Gasteiger partial charge in [0.15, 0.2) is 0 Å². The molecule has 0 aliphatic carbocycles. The van der Waals surface area contributed by atoms with E-state index < -0.39 is 23.8 Å². The molecule has 0 aliphatic heterocycles. The normalized spacial score (nSPS) is 12.2. The van der Waals surface area contributed by atoms with Gasteiger partial charge in [0.2, 0.25) is 5.88 Å². The van der Waals surface area contributed by atoms with Crippen LogP contribution in [-0.2, 0) is 7.05 Å². The lowest BCUT2D eigenvalue weighted by atomic mass is 10.0. The van der Waals surface area contributed by atoms with Gasteiger partial charge in [0.1, 0.15) is 23.1 Å². The number of hydrogen-bond donors (Lipinski definition) is 1. The number of aryl methyl sites for hydroxylation is 2. The molecule has 0 aliphatic rings. The van der Waals surface area contributed by atoms with Crippen LogP contribution in [0, 0.1) is 12.7 Å². The molecule has 0 saturated heterocycles. The quantitative estimate of drug-likeness (QED) is 0.430. The molecule has 1 N–H and O–H groups in total. The Labute approximate surface area is 193 Å². The molecule has 0 saturated carbocycles. The van der Waals surface area contributed by atoms with Crippen LogP contribution < -0.4 is 15.6 Å². The second-order valence-electron chi connectivity index (χ2n) is 7.76. The zero-order valence-corrected chi connectivity index (χ0v) is 18.9. The van der Waals surface area contributed by atoms with Crippen LogP contribution in [0.5, 0.6) is 5.88 Å². The van der Waals surface area contributed by atoms with E-state index in [1.165, 1.54) is 23.8 Å². The van der Waals surface area contributed by atoms with Crippen molar-refractivity contribution in [3.63, 3.8) is 0 Å². The third-order valence-electron chi connectivity index (χ3n) is 5.55. The first-order chi connectivity index (χ1) is 16.2. The second-order valence-corrected chi connectivity index (χ2v) is 7.76. The maximum atomic E-state index is 14.7. The predicted octanol–water partition coefficient (Wildman–Crippen LogP) is 4.96. The van der Waals surface area contributed by atoms with Gasteiger partial charge in [-0.25, -0.2) is 28.1 Å². The molecule has 176 valence electrons. The zero-order valence-electron chi connectivity index (χ0n) is 18.9. The minimum Gasteiger partial charge on any atom is -0.481 e. The monoisotopic (exact) mass is 469 g/mol. The molecule has 0 amide bonds. The summed E-state index contributed by atoms with van der Waals surface area (Å²) < 4.78 is 47.8. The van der Waals surface area contributed by atoms with Crippen molar-refractivity contribution < 1.29 is 17.9 Å². The molecule has 0 unspecified atom stereocenters. The first kappa shape index (κ1) is 23.2. The summed E-state index contributed by atoms with van der Waals surface area (Å²) in [5, 5.41) is 3.60. The molecule has 1 aromatic carbocycles. The maximum absolute atomic E-state index is 14.7. The SMILES string of the molecule is COc1ncccc1-c1cc2c(N[C@H](C)c3cccc(C(F)F)c3F)nc(C)nc2n(C)c1=O. The van der Waals surface area contributed by atoms with Gasteiger partial charge in [0.05, 0.1) is 29.7 Å². The first-order valence-corrected chi connectivity index (χ1v) is 10.4. The average Bonchev–Trinajstić information content (AvgIpc) is 2.81. The summed E-state index contributed by atoms with van der Waals surface area (Å²) in [6, 6.07) is 8.21. The molecule has 10 heteroatoms. The van der Waals surface area contributed by atoms with Crippen LogP contribution in [0.25, 0.3) is 22.2 Å². The number of nitrogens with zero attached hydrogens (tertiary/aromatic N) is 4. The molecule has 7 nitrogen and oxygen atoms in total. The van der Waals surface area contributed by atoms with Crippen LogP contribution in [0.3, 0.4) is 0 Å². The number of benzene rings is 1. The first-order valence-electron chi connectivity index (χ1n) is 10.4. The fraction of sp³-hybridized carbons (Fsp3) is 0.250. The Hall–Kier alpha value is -3.95. The van der Waals surface area contributed by atoms with Gasteiger partial charge < -0.3 is 10.1 Å². The van der Waals surface area contributed by atoms with E-state index in [0.29, 0.717) is 33.8 Å². The van der Waals surface area contributed by atoms with E-state index >= 15 is 0 Å². The number of anilines is 1. The number of fused-ring (bicyclic) bond motifs is 1. The van der Waals surface area contributed by atoms with Crippen molar-refractivity contribution in [3.8, 4) is 17.0 Å². The fourth-order valence-corrected chi connectivity index (χ4v) is 3.85.